The van der Waals surface area contributed by atoms with E-state index in [-0.39, 0.29) is 5.78 Å². The van der Waals surface area contributed by atoms with Crippen molar-refractivity contribution in [3.8, 4) is 11.5 Å². The highest BCUT2D eigenvalue weighted by atomic mass is 127. The highest BCUT2D eigenvalue weighted by molar-refractivity contribution is 14.1. The van der Waals surface area contributed by atoms with Gasteiger partial charge in [-0.1, -0.05) is 11.6 Å². The number of ketones is 1. The van der Waals surface area contributed by atoms with Crippen LogP contribution in [0.3, 0.4) is 0 Å². The number of halogens is 2. The summed E-state index contributed by atoms with van der Waals surface area (Å²) < 4.78 is 12.0. The van der Waals surface area contributed by atoms with Gasteiger partial charge in [0, 0.05) is 20.8 Å². The lowest BCUT2D eigenvalue weighted by molar-refractivity contribution is 0.103. The van der Waals surface area contributed by atoms with Crippen molar-refractivity contribution >= 4 is 40.0 Å². The summed E-state index contributed by atoms with van der Waals surface area (Å²) in [6.45, 7) is 0.972. The van der Waals surface area contributed by atoms with Crippen LogP contribution in [-0.4, -0.2) is 19.0 Å². The second-order valence-corrected chi connectivity index (χ2v) is 5.96. The molecule has 0 N–H and O–H groups in total. The molecule has 0 unspecified atom stereocenters. The normalized spacial score (nSPS) is 13.1. The summed E-state index contributed by atoms with van der Waals surface area (Å²) in [4.78, 5) is 12.5. The molecule has 102 valence electrons. The zero-order chi connectivity index (χ0) is 14.1. The largest absolute Gasteiger partial charge is 0.486 e. The fourth-order valence-corrected chi connectivity index (χ4v) is 2.59. The summed E-state index contributed by atoms with van der Waals surface area (Å²) in [7, 11) is 0. The number of rotatable bonds is 2. The Balaban J connectivity index is 2.01. The number of carbonyl (C=O) groups excluding carboxylic acids is 1. The van der Waals surface area contributed by atoms with Crippen LogP contribution in [0.25, 0.3) is 0 Å². The van der Waals surface area contributed by atoms with Crippen molar-refractivity contribution in [1.82, 2.24) is 0 Å². The van der Waals surface area contributed by atoms with Gasteiger partial charge in [-0.2, -0.15) is 0 Å². The maximum atomic E-state index is 12.5. The van der Waals surface area contributed by atoms with Gasteiger partial charge in [-0.15, -0.1) is 0 Å². The van der Waals surface area contributed by atoms with Gasteiger partial charge < -0.3 is 9.47 Å². The Morgan fingerprint density at radius 1 is 1.05 bits per heavy atom. The first-order valence-corrected chi connectivity index (χ1v) is 7.50. The Morgan fingerprint density at radius 2 is 1.65 bits per heavy atom. The van der Waals surface area contributed by atoms with Crippen LogP contribution in [0.5, 0.6) is 11.5 Å². The maximum absolute atomic E-state index is 12.5. The first-order valence-electron chi connectivity index (χ1n) is 6.04. The van der Waals surface area contributed by atoms with E-state index in [1.807, 2.05) is 12.1 Å². The maximum Gasteiger partial charge on any atom is 0.194 e. The van der Waals surface area contributed by atoms with Gasteiger partial charge in [-0.05, 0) is 52.9 Å². The summed E-state index contributed by atoms with van der Waals surface area (Å²) in [6.07, 6.45) is 0. The molecule has 3 rings (SSSR count). The van der Waals surface area contributed by atoms with Gasteiger partial charge in [0.2, 0.25) is 0 Å². The number of benzene rings is 2. The third-order valence-corrected chi connectivity index (χ3v) is 4.01. The Morgan fingerprint density at radius 3 is 2.30 bits per heavy atom. The lowest BCUT2D eigenvalue weighted by atomic mass is 10.0. The van der Waals surface area contributed by atoms with E-state index in [2.05, 4.69) is 22.6 Å². The third kappa shape index (κ3) is 2.62. The van der Waals surface area contributed by atoms with Crippen LogP contribution in [0.15, 0.2) is 36.4 Å². The van der Waals surface area contributed by atoms with E-state index in [1.165, 1.54) is 0 Å². The molecule has 20 heavy (non-hydrogen) atoms. The second kappa shape index (κ2) is 5.61. The molecule has 0 amide bonds. The fourth-order valence-electron chi connectivity index (χ4n) is 1.99. The molecule has 0 saturated heterocycles. The minimum atomic E-state index is -0.122. The van der Waals surface area contributed by atoms with Crippen molar-refractivity contribution in [2.75, 3.05) is 13.2 Å². The lowest BCUT2D eigenvalue weighted by Crippen LogP contribution is -2.16. The van der Waals surface area contributed by atoms with Crippen molar-refractivity contribution in [3.05, 3.63) is 56.1 Å². The molecule has 0 bridgehead atoms. The first kappa shape index (κ1) is 13.7. The van der Waals surface area contributed by atoms with Crippen molar-refractivity contribution < 1.29 is 14.3 Å². The van der Waals surface area contributed by atoms with Crippen LogP contribution in [0, 0.1) is 3.57 Å². The summed E-state index contributed by atoms with van der Waals surface area (Å²) in [5.74, 6) is 1.03. The van der Waals surface area contributed by atoms with Gasteiger partial charge in [-0.25, -0.2) is 0 Å². The minimum Gasteiger partial charge on any atom is -0.486 e. The molecule has 1 aliphatic heterocycles. The zero-order valence-corrected chi connectivity index (χ0v) is 13.3. The quantitative estimate of drug-likeness (QED) is 0.566. The van der Waals surface area contributed by atoms with Crippen molar-refractivity contribution in [2.45, 2.75) is 0 Å². The van der Waals surface area contributed by atoms with Gasteiger partial charge in [0.15, 0.2) is 17.3 Å². The predicted octanol–water partition coefficient (Wildman–Crippen LogP) is 3.95. The van der Waals surface area contributed by atoms with Crippen LogP contribution in [-0.2, 0) is 0 Å². The second-order valence-electron chi connectivity index (χ2n) is 4.31. The van der Waals surface area contributed by atoms with E-state index in [1.54, 1.807) is 24.3 Å². The van der Waals surface area contributed by atoms with Gasteiger partial charge in [0.1, 0.15) is 13.2 Å². The number of hydrogen-bond donors (Lipinski definition) is 0. The monoisotopic (exact) mass is 400 g/mol. The minimum absolute atomic E-state index is 0.122. The zero-order valence-electron chi connectivity index (χ0n) is 10.4. The molecule has 0 radical (unpaired) electrons. The Hall–Kier alpha value is -1.27. The van der Waals surface area contributed by atoms with Crippen molar-refractivity contribution in [1.29, 1.82) is 0 Å². The molecule has 5 heteroatoms. The van der Waals surface area contributed by atoms with Gasteiger partial charge in [-0.3, -0.25) is 4.79 Å². The molecule has 0 saturated carbocycles. The van der Waals surface area contributed by atoms with Crippen LogP contribution in [0.1, 0.15) is 15.9 Å². The van der Waals surface area contributed by atoms with Gasteiger partial charge in [0.25, 0.3) is 0 Å². The molecule has 1 aliphatic rings. The van der Waals surface area contributed by atoms with Gasteiger partial charge in [0.05, 0.1) is 5.02 Å². The van der Waals surface area contributed by atoms with Crippen LogP contribution in [0.2, 0.25) is 5.02 Å². The number of hydrogen-bond acceptors (Lipinski definition) is 3. The Bertz CT molecular complexity index is 668. The molecule has 2 aromatic carbocycles. The standard InChI is InChI=1S/C15H10ClIO3/c16-12-8-14-13(19-5-6-20-14)7-11(12)15(18)9-1-3-10(17)4-2-9/h1-4,7-8H,5-6H2. The van der Waals surface area contributed by atoms with E-state index in [9.17, 15) is 4.79 Å². The number of fused-ring (bicyclic) bond motifs is 1. The fraction of sp³-hybridized carbons (Fsp3) is 0.133. The number of ether oxygens (including phenoxy) is 2. The van der Waals surface area contributed by atoms with Gasteiger partial charge >= 0.3 is 0 Å². The van der Waals surface area contributed by atoms with E-state index in [4.69, 9.17) is 21.1 Å². The molecule has 1 heterocycles. The summed E-state index contributed by atoms with van der Waals surface area (Å²) in [6, 6.07) is 10.6. The molecule has 0 fully saturated rings. The van der Waals surface area contributed by atoms with Crippen LogP contribution >= 0.6 is 34.2 Å². The number of carbonyl (C=O) groups is 1. The highest BCUT2D eigenvalue weighted by Crippen LogP contribution is 2.36. The molecular weight excluding hydrogens is 391 g/mol. The average molecular weight is 401 g/mol. The summed E-state index contributed by atoms with van der Waals surface area (Å²) in [5, 5.41) is 0.373. The van der Waals surface area contributed by atoms with Crippen molar-refractivity contribution in [2.24, 2.45) is 0 Å². The third-order valence-electron chi connectivity index (χ3n) is 2.98. The van der Waals surface area contributed by atoms with E-state index in [0.717, 1.165) is 3.57 Å². The van der Waals surface area contributed by atoms with Crippen LogP contribution < -0.4 is 9.47 Å². The van der Waals surface area contributed by atoms with E-state index < -0.39 is 0 Å². The molecule has 2 aromatic rings. The summed E-state index contributed by atoms with van der Waals surface area (Å²) >= 11 is 8.37. The molecule has 0 aliphatic carbocycles. The van der Waals surface area contributed by atoms with E-state index in [0.29, 0.717) is 40.9 Å². The van der Waals surface area contributed by atoms with E-state index >= 15 is 0 Å². The first-order chi connectivity index (χ1) is 9.65. The Labute approximate surface area is 135 Å². The molecular formula is C15H10ClIO3. The highest BCUT2D eigenvalue weighted by Gasteiger charge is 2.19. The molecule has 3 nitrogen and oxygen atoms in total. The molecule has 0 spiro atoms. The predicted molar refractivity (Wildman–Crippen MR) is 85.0 cm³/mol. The van der Waals surface area contributed by atoms with Crippen molar-refractivity contribution in [3.63, 3.8) is 0 Å². The molecule has 0 aromatic heterocycles. The SMILES string of the molecule is O=C(c1ccc(I)cc1)c1cc2c(cc1Cl)OCCO2. The molecule has 0 atom stereocenters. The summed E-state index contributed by atoms with van der Waals surface area (Å²) in [5.41, 5.74) is 1.03. The average Bonchev–Trinajstić information content (AvgIpc) is 2.46. The van der Waals surface area contributed by atoms with Crippen LogP contribution in [0.4, 0.5) is 0 Å². The lowest BCUT2D eigenvalue weighted by Gasteiger charge is -2.19. The topological polar surface area (TPSA) is 35.5 Å². The smallest absolute Gasteiger partial charge is 0.194 e. The Kier molecular flexibility index (Phi) is 3.85.